The summed E-state index contributed by atoms with van der Waals surface area (Å²) in [6, 6.07) is 31.9. The van der Waals surface area contributed by atoms with E-state index in [4.69, 9.17) is 0 Å². The van der Waals surface area contributed by atoms with Gasteiger partial charge in [-0.2, -0.15) is 26.3 Å². The Hall–Kier alpha value is -5.50. The summed E-state index contributed by atoms with van der Waals surface area (Å²) in [4.78, 5) is 0. The molecule has 244 valence electrons. The number of aryl methyl sites for hydroxylation is 3. The SMILES string of the molecule is Cc1ccc2c3ccccc3n(-c3ccc(-c4c(C)cccc4C(F)(F)F)c(-n4c5ccccc5c5ccc(C)cc54)c3C(F)(F)F)c2c1. The van der Waals surface area contributed by atoms with E-state index in [1.807, 2.05) is 62.4 Å². The van der Waals surface area contributed by atoms with Gasteiger partial charge < -0.3 is 9.13 Å². The lowest BCUT2D eigenvalue weighted by Crippen LogP contribution is -2.18. The van der Waals surface area contributed by atoms with Gasteiger partial charge in [0, 0.05) is 27.1 Å². The second-order valence-corrected chi connectivity index (χ2v) is 12.6. The van der Waals surface area contributed by atoms with E-state index in [0.717, 1.165) is 28.0 Å². The number of hydrogen-bond donors (Lipinski definition) is 0. The number of benzene rings is 6. The lowest BCUT2D eigenvalue weighted by atomic mass is 9.90. The van der Waals surface area contributed by atoms with Crippen molar-refractivity contribution in [1.82, 2.24) is 9.13 Å². The van der Waals surface area contributed by atoms with Crippen molar-refractivity contribution in [3.05, 3.63) is 143 Å². The lowest BCUT2D eigenvalue weighted by Gasteiger charge is -2.26. The van der Waals surface area contributed by atoms with Crippen LogP contribution >= 0.6 is 0 Å². The highest BCUT2D eigenvalue weighted by atomic mass is 19.4. The molecule has 8 aromatic rings. The summed E-state index contributed by atoms with van der Waals surface area (Å²) in [6.07, 6.45) is -9.82. The molecule has 0 unspecified atom stereocenters. The van der Waals surface area contributed by atoms with E-state index in [1.165, 1.54) is 35.8 Å². The monoisotopic (exact) mass is 662 g/mol. The molecule has 0 aliphatic rings. The van der Waals surface area contributed by atoms with Crippen LogP contribution in [0.15, 0.2) is 115 Å². The van der Waals surface area contributed by atoms with Crippen molar-refractivity contribution in [1.29, 1.82) is 0 Å². The van der Waals surface area contributed by atoms with Gasteiger partial charge in [0.05, 0.1) is 39.0 Å². The molecular weight excluding hydrogens is 634 g/mol. The molecule has 8 rings (SSSR count). The minimum absolute atomic E-state index is 0.164. The molecule has 0 atom stereocenters. The molecule has 0 saturated carbocycles. The van der Waals surface area contributed by atoms with Gasteiger partial charge in [0.2, 0.25) is 0 Å². The van der Waals surface area contributed by atoms with E-state index in [0.29, 0.717) is 32.8 Å². The molecule has 0 fully saturated rings. The normalized spacial score (nSPS) is 12.6. The smallest absolute Gasteiger partial charge is 0.309 e. The number of aromatic nitrogens is 2. The zero-order valence-corrected chi connectivity index (χ0v) is 26.6. The second-order valence-electron chi connectivity index (χ2n) is 12.6. The Morgan fingerprint density at radius 3 is 1.57 bits per heavy atom. The molecule has 0 N–H and O–H groups in total. The summed E-state index contributed by atoms with van der Waals surface area (Å²) in [6.45, 7) is 5.21. The van der Waals surface area contributed by atoms with Crippen molar-refractivity contribution in [2.75, 3.05) is 0 Å². The lowest BCUT2D eigenvalue weighted by molar-refractivity contribution is -0.137. The quantitative estimate of drug-likeness (QED) is 0.167. The number of halogens is 6. The second kappa shape index (κ2) is 10.8. The fourth-order valence-electron chi connectivity index (χ4n) is 7.40. The van der Waals surface area contributed by atoms with Crippen molar-refractivity contribution in [2.24, 2.45) is 0 Å². The molecule has 0 bridgehead atoms. The van der Waals surface area contributed by atoms with Crippen LogP contribution in [0.3, 0.4) is 0 Å². The molecule has 2 heterocycles. The number of hydrogen-bond acceptors (Lipinski definition) is 0. The van der Waals surface area contributed by atoms with Crippen LogP contribution in [0.4, 0.5) is 26.3 Å². The third kappa shape index (κ3) is 4.72. The molecule has 0 aliphatic carbocycles. The van der Waals surface area contributed by atoms with Crippen molar-refractivity contribution in [2.45, 2.75) is 33.1 Å². The van der Waals surface area contributed by atoms with E-state index in [9.17, 15) is 13.2 Å². The summed E-state index contributed by atoms with van der Waals surface area (Å²) in [5.74, 6) is 0. The average molecular weight is 663 g/mol. The van der Waals surface area contributed by atoms with Crippen molar-refractivity contribution < 1.29 is 26.3 Å². The molecule has 6 aromatic carbocycles. The Balaban J connectivity index is 1.65. The van der Waals surface area contributed by atoms with Crippen molar-refractivity contribution in [3.8, 4) is 22.5 Å². The van der Waals surface area contributed by atoms with E-state index in [2.05, 4.69) is 0 Å². The van der Waals surface area contributed by atoms with E-state index in [-0.39, 0.29) is 28.1 Å². The minimum atomic E-state index is -5.00. The van der Waals surface area contributed by atoms with Gasteiger partial charge in [0.25, 0.3) is 0 Å². The summed E-state index contributed by atoms with van der Waals surface area (Å²) in [5, 5.41) is 2.92. The first-order valence-corrected chi connectivity index (χ1v) is 15.8. The highest BCUT2D eigenvalue weighted by Gasteiger charge is 2.42. The first-order chi connectivity index (χ1) is 23.3. The zero-order chi connectivity index (χ0) is 34.4. The summed E-state index contributed by atoms with van der Waals surface area (Å²) in [5.41, 5.74) is 0.868. The van der Waals surface area contributed by atoms with Gasteiger partial charge in [-0.1, -0.05) is 78.9 Å². The minimum Gasteiger partial charge on any atom is -0.309 e. The molecule has 49 heavy (non-hydrogen) atoms. The Morgan fingerprint density at radius 1 is 0.469 bits per heavy atom. The van der Waals surface area contributed by atoms with E-state index < -0.39 is 23.5 Å². The Bertz CT molecular complexity index is 2620. The Kier molecular flexibility index (Phi) is 6.76. The first-order valence-electron chi connectivity index (χ1n) is 15.8. The van der Waals surface area contributed by atoms with Gasteiger partial charge >= 0.3 is 12.4 Å². The predicted molar refractivity (Wildman–Crippen MR) is 185 cm³/mol. The Morgan fingerprint density at radius 2 is 1.00 bits per heavy atom. The van der Waals surface area contributed by atoms with Crippen LogP contribution in [-0.2, 0) is 12.4 Å². The maximum Gasteiger partial charge on any atom is 0.420 e. The average Bonchev–Trinajstić information content (AvgIpc) is 3.55. The van der Waals surface area contributed by atoms with Crippen LogP contribution in [0.5, 0.6) is 0 Å². The van der Waals surface area contributed by atoms with Gasteiger partial charge in [-0.15, -0.1) is 0 Å². The number of fused-ring (bicyclic) bond motifs is 6. The van der Waals surface area contributed by atoms with Crippen LogP contribution < -0.4 is 0 Å². The standard InChI is InChI=1S/C41H28F6N2/c1-23-15-17-28-26-10-4-6-13-32(26)48(35(28)21-23)34-20-19-30(37-25(3)9-8-12-31(37)40(42,43)44)39(38(34)41(45,46)47)49-33-14-7-5-11-27(33)29-18-16-24(2)22-36(29)49/h4-22H,1-3H3. The van der Waals surface area contributed by atoms with Gasteiger partial charge in [0.15, 0.2) is 0 Å². The van der Waals surface area contributed by atoms with Crippen molar-refractivity contribution in [3.63, 3.8) is 0 Å². The highest BCUT2D eigenvalue weighted by molar-refractivity contribution is 6.11. The molecular formula is C41H28F6N2. The molecule has 0 saturated heterocycles. The summed E-state index contributed by atoms with van der Waals surface area (Å²) in [7, 11) is 0. The number of alkyl halides is 6. The fourth-order valence-corrected chi connectivity index (χ4v) is 7.40. The molecule has 2 aromatic heterocycles. The maximum absolute atomic E-state index is 16.1. The third-order valence-corrected chi connectivity index (χ3v) is 9.41. The van der Waals surface area contributed by atoms with Gasteiger partial charge in [0.1, 0.15) is 5.56 Å². The summed E-state index contributed by atoms with van der Waals surface area (Å²) < 4.78 is 95.7. The number of rotatable bonds is 3. The Labute approximate surface area is 277 Å². The van der Waals surface area contributed by atoms with Crippen LogP contribution in [0, 0.1) is 20.8 Å². The van der Waals surface area contributed by atoms with E-state index in [1.54, 1.807) is 41.0 Å². The largest absolute Gasteiger partial charge is 0.420 e. The first kappa shape index (κ1) is 30.8. The summed E-state index contributed by atoms with van der Waals surface area (Å²) >= 11 is 0. The highest BCUT2D eigenvalue weighted by Crippen LogP contribution is 2.50. The molecule has 2 nitrogen and oxygen atoms in total. The van der Waals surface area contributed by atoms with Crippen molar-refractivity contribution >= 4 is 43.6 Å². The zero-order valence-electron chi connectivity index (χ0n) is 26.6. The number of para-hydroxylation sites is 2. The molecule has 8 heteroatoms. The third-order valence-electron chi connectivity index (χ3n) is 9.41. The topological polar surface area (TPSA) is 9.86 Å². The van der Waals surface area contributed by atoms with Gasteiger partial charge in [-0.25, -0.2) is 0 Å². The fraction of sp³-hybridized carbons (Fsp3) is 0.122. The molecule has 0 spiro atoms. The van der Waals surface area contributed by atoms with Crippen LogP contribution in [0.25, 0.3) is 66.1 Å². The van der Waals surface area contributed by atoms with Gasteiger partial charge in [-0.3, -0.25) is 0 Å². The van der Waals surface area contributed by atoms with E-state index >= 15 is 13.2 Å². The van der Waals surface area contributed by atoms with Crippen LogP contribution in [0.1, 0.15) is 27.8 Å². The van der Waals surface area contributed by atoms with Crippen LogP contribution in [0.2, 0.25) is 0 Å². The maximum atomic E-state index is 16.1. The van der Waals surface area contributed by atoms with Gasteiger partial charge in [-0.05, 0) is 79.4 Å². The number of nitrogens with zero attached hydrogens (tertiary/aromatic N) is 2. The molecule has 0 amide bonds. The molecule has 0 aliphatic heterocycles. The predicted octanol–water partition coefficient (Wildman–Crippen LogP) is 12.5. The van der Waals surface area contributed by atoms with Crippen LogP contribution in [-0.4, -0.2) is 9.13 Å². The molecule has 0 radical (unpaired) electrons.